The van der Waals surface area contributed by atoms with Crippen molar-refractivity contribution in [2.75, 3.05) is 18.4 Å². The summed E-state index contributed by atoms with van der Waals surface area (Å²) in [7, 11) is 0. The second-order valence-corrected chi connectivity index (χ2v) is 4.07. The van der Waals surface area contributed by atoms with Crippen LogP contribution in [0.5, 0.6) is 0 Å². The van der Waals surface area contributed by atoms with E-state index in [0.717, 1.165) is 0 Å². The largest absolute Gasteiger partial charge is 0.352 e. The van der Waals surface area contributed by atoms with E-state index in [1.54, 1.807) is 17.3 Å². The van der Waals surface area contributed by atoms with Gasteiger partial charge in [-0.25, -0.2) is 9.97 Å². The average molecular weight is 236 g/mol. The molecule has 0 unspecified atom stereocenters. The molecule has 0 spiro atoms. The van der Waals surface area contributed by atoms with Gasteiger partial charge in [-0.15, -0.1) is 0 Å². The maximum absolute atomic E-state index is 12.0. The lowest BCUT2D eigenvalue weighted by molar-refractivity contribution is 0.0772. The van der Waals surface area contributed by atoms with Crippen LogP contribution in [0.3, 0.4) is 0 Å². The van der Waals surface area contributed by atoms with Crippen LogP contribution in [0.2, 0.25) is 0 Å². The van der Waals surface area contributed by atoms with E-state index in [9.17, 15) is 4.79 Å². The Kier molecular flexibility index (Phi) is 4.87. The summed E-state index contributed by atoms with van der Waals surface area (Å²) in [6, 6.07) is 0.277. The summed E-state index contributed by atoms with van der Waals surface area (Å²) in [5, 5.41) is 3.08. The third-order valence-corrected chi connectivity index (χ3v) is 2.37. The van der Waals surface area contributed by atoms with Crippen molar-refractivity contribution >= 4 is 11.9 Å². The molecule has 1 N–H and O–H groups in total. The zero-order valence-corrected chi connectivity index (χ0v) is 10.9. The molecule has 94 valence electrons. The Morgan fingerprint density at radius 2 is 1.82 bits per heavy atom. The predicted molar refractivity (Wildman–Crippen MR) is 68.0 cm³/mol. The third kappa shape index (κ3) is 3.69. The molecule has 17 heavy (non-hydrogen) atoms. The van der Waals surface area contributed by atoms with E-state index in [0.29, 0.717) is 24.6 Å². The van der Waals surface area contributed by atoms with E-state index >= 15 is 0 Å². The fourth-order valence-corrected chi connectivity index (χ4v) is 1.46. The lowest BCUT2D eigenvalue weighted by Crippen LogP contribution is -2.30. The van der Waals surface area contributed by atoms with Crippen LogP contribution in [0.1, 0.15) is 38.1 Å². The predicted octanol–water partition coefficient (Wildman–Crippen LogP) is 1.78. The van der Waals surface area contributed by atoms with E-state index in [2.05, 4.69) is 15.3 Å². The van der Waals surface area contributed by atoms with Gasteiger partial charge in [0, 0.05) is 31.5 Å². The Morgan fingerprint density at radius 1 is 1.29 bits per heavy atom. The summed E-state index contributed by atoms with van der Waals surface area (Å²) >= 11 is 0. The number of carbonyl (C=O) groups excluding carboxylic acids is 1. The number of nitrogens with zero attached hydrogens (tertiary/aromatic N) is 3. The monoisotopic (exact) mass is 236 g/mol. The van der Waals surface area contributed by atoms with Crippen LogP contribution in [0.25, 0.3) is 0 Å². The topological polar surface area (TPSA) is 58.1 Å². The SMILES string of the molecule is CCN(CC)C(=O)c1cnc(NC(C)C)nc1. The summed E-state index contributed by atoms with van der Waals surface area (Å²) in [6.45, 7) is 9.33. The van der Waals surface area contributed by atoms with Crippen LogP contribution >= 0.6 is 0 Å². The Morgan fingerprint density at radius 3 is 2.24 bits per heavy atom. The highest BCUT2D eigenvalue weighted by molar-refractivity contribution is 5.93. The van der Waals surface area contributed by atoms with E-state index in [1.165, 1.54) is 0 Å². The van der Waals surface area contributed by atoms with Gasteiger partial charge in [-0.1, -0.05) is 0 Å². The summed E-state index contributed by atoms with van der Waals surface area (Å²) < 4.78 is 0. The van der Waals surface area contributed by atoms with Gasteiger partial charge >= 0.3 is 0 Å². The smallest absolute Gasteiger partial charge is 0.256 e. The normalized spacial score (nSPS) is 10.4. The minimum atomic E-state index is -0.0221. The molecule has 0 aromatic carbocycles. The molecular formula is C12H20N4O. The molecule has 0 bridgehead atoms. The van der Waals surface area contributed by atoms with Gasteiger partial charge in [0.1, 0.15) is 0 Å². The molecule has 5 nitrogen and oxygen atoms in total. The average Bonchev–Trinajstić information content (AvgIpc) is 2.30. The van der Waals surface area contributed by atoms with Gasteiger partial charge in [0.25, 0.3) is 5.91 Å². The van der Waals surface area contributed by atoms with Crippen molar-refractivity contribution in [1.29, 1.82) is 0 Å². The number of hydrogen-bond donors (Lipinski definition) is 1. The van der Waals surface area contributed by atoms with Gasteiger partial charge in [-0.3, -0.25) is 4.79 Å². The fourth-order valence-electron chi connectivity index (χ4n) is 1.46. The quantitative estimate of drug-likeness (QED) is 0.846. The lowest BCUT2D eigenvalue weighted by Gasteiger charge is -2.18. The molecule has 0 saturated carbocycles. The van der Waals surface area contributed by atoms with Crippen molar-refractivity contribution in [2.24, 2.45) is 0 Å². The Bertz CT molecular complexity index is 357. The van der Waals surface area contributed by atoms with Crippen LogP contribution < -0.4 is 5.32 Å². The van der Waals surface area contributed by atoms with Crippen molar-refractivity contribution in [2.45, 2.75) is 33.7 Å². The van der Waals surface area contributed by atoms with E-state index < -0.39 is 0 Å². The molecule has 1 amide bonds. The molecule has 0 fully saturated rings. The first-order valence-electron chi connectivity index (χ1n) is 5.96. The summed E-state index contributed by atoms with van der Waals surface area (Å²) in [5.41, 5.74) is 0.531. The molecule has 1 heterocycles. The minimum absolute atomic E-state index is 0.0221. The maximum Gasteiger partial charge on any atom is 0.256 e. The van der Waals surface area contributed by atoms with E-state index in [4.69, 9.17) is 0 Å². The number of amides is 1. The van der Waals surface area contributed by atoms with Gasteiger partial charge in [0.15, 0.2) is 0 Å². The zero-order valence-electron chi connectivity index (χ0n) is 10.9. The highest BCUT2D eigenvalue weighted by atomic mass is 16.2. The van der Waals surface area contributed by atoms with Crippen LogP contribution in [-0.4, -0.2) is 39.9 Å². The van der Waals surface area contributed by atoms with Gasteiger partial charge in [-0.2, -0.15) is 0 Å². The molecule has 1 aromatic heterocycles. The van der Waals surface area contributed by atoms with Crippen molar-refractivity contribution in [3.8, 4) is 0 Å². The second kappa shape index (κ2) is 6.18. The molecule has 0 atom stereocenters. The van der Waals surface area contributed by atoms with Gasteiger partial charge < -0.3 is 10.2 Å². The van der Waals surface area contributed by atoms with Crippen LogP contribution in [0.4, 0.5) is 5.95 Å². The zero-order chi connectivity index (χ0) is 12.8. The standard InChI is InChI=1S/C12H20N4O/c1-5-16(6-2)11(17)10-7-13-12(14-8-10)15-9(3)4/h7-9H,5-6H2,1-4H3,(H,13,14,15). The Labute approximate surface area is 102 Å². The van der Waals surface area contributed by atoms with E-state index in [-0.39, 0.29) is 11.9 Å². The van der Waals surface area contributed by atoms with Crippen LogP contribution in [0.15, 0.2) is 12.4 Å². The fraction of sp³-hybridized carbons (Fsp3) is 0.583. The molecule has 0 aliphatic carbocycles. The highest BCUT2D eigenvalue weighted by Gasteiger charge is 2.13. The van der Waals surface area contributed by atoms with E-state index in [1.807, 2.05) is 27.7 Å². The summed E-state index contributed by atoms with van der Waals surface area (Å²) in [4.78, 5) is 22.0. The molecule has 1 aromatic rings. The number of carbonyl (C=O) groups is 1. The maximum atomic E-state index is 12.0. The molecule has 5 heteroatoms. The second-order valence-electron chi connectivity index (χ2n) is 4.07. The molecule has 0 aliphatic rings. The van der Waals surface area contributed by atoms with Gasteiger partial charge in [-0.05, 0) is 27.7 Å². The third-order valence-electron chi connectivity index (χ3n) is 2.37. The van der Waals surface area contributed by atoms with Gasteiger partial charge in [0.2, 0.25) is 5.95 Å². The van der Waals surface area contributed by atoms with Gasteiger partial charge in [0.05, 0.1) is 5.56 Å². The first-order chi connectivity index (χ1) is 8.08. The number of anilines is 1. The minimum Gasteiger partial charge on any atom is -0.352 e. The van der Waals surface area contributed by atoms with Crippen molar-refractivity contribution in [1.82, 2.24) is 14.9 Å². The Hall–Kier alpha value is -1.65. The molecular weight excluding hydrogens is 216 g/mol. The van der Waals surface area contributed by atoms with Crippen LogP contribution in [-0.2, 0) is 0 Å². The number of nitrogens with one attached hydrogen (secondary N) is 1. The number of aromatic nitrogens is 2. The van der Waals surface area contributed by atoms with Crippen molar-refractivity contribution < 1.29 is 4.79 Å². The summed E-state index contributed by atoms with van der Waals surface area (Å²) in [5.74, 6) is 0.530. The first kappa shape index (κ1) is 13.4. The Balaban J connectivity index is 2.76. The lowest BCUT2D eigenvalue weighted by atomic mass is 10.3. The molecule has 0 aliphatic heterocycles. The van der Waals surface area contributed by atoms with Crippen LogP contribution in [0, 0.1) is 0 Å². The molecule has 0 saturated heterocycles. The first-order valence-corrected chi connectivity index (χ1v) is 5.96. The van der Waals surface area contributed by atoms with Crippen molar-refractivity contribution in [3.63, 3.8) is 0 Å². The highest BCUT2D eigenvalue weighted by Crippen LogP contribution is 2.05. The molecule has 0 radical (unpaired) electrons. The molecule has 1 rings (SSSR count). The summed E-state index contributed by atoms with van der Waals surface area (Å²) in [6.07, 6.45) is 3.14. The van der Waals surface area contributed by atoms with Crippen molar-refractivity contribution in [3.05, 3.63) is 18.0 Å². The number of rotatable bonds is 5. The number of hydrogen-bond acceptors (Lipinski definition) is 4.